The molecule has 7 nitrogen and oxygen atoms in total. The Hall–Kier alpha value is -2.29. The van der Waals surface area contributed by atoms with E-state index in [1.165, 1.54) is 25.1 Å². The highest BCUT2D eigenvalue weighted by Gasteiger charge is 2.23. The van der Waals surface area contributed by atoms with E-state index in [1.54, 1.807) is 24.3 Å². The molecule has 0 atom stereocenters. The smallest absolute Gasteiger partial charge is 0.245 e. The van der Waals surface area contributed by atoms with Crippen molar-refractivity contribution in [2.45, 2.75) is 6.92 Å². The van der Waals surface area contributed by atoms with Gasteiger partial charge in [-0.05, 0) is 36.4 Å². The Balaban J connectivity index is 2.21. The molecule has 0 unspecified atom stereocenters. The molecule has 2 N–H and O–H groups in total. The summed E-state index contributed by atoms with van der Waals surface area (Å²) in [6.07, 6.45) is 0.975. The summed E-state index contributed by atoms with van der Waals surface area (Å²) >= 11 is 11.9. The maximum atomic E-state index is 12.4. The largest absolute Gasteiger partial charge is 0.326 e. The van der Waals surface area contributed by atoms with Gasteiger partial charge in [-0.3, -0.25) is 13.9 Å². The molecular weight excluding hydrogens is 413 g/mol. The van der Waals surface area contributed by atoms with Crippen LogP contribution in [0.5, 0.6) is 0 Å². The molecule has 10 heteroatoms. The summed E-state index contributed by atoms with van der Waals surface area (Å²) in [6.45, 7) is 0.885. The molecule has 2 aromatic rings. The first-order valence-corrected chi connectivity index (χ1v) is 10.3. The number of sulfonamides is 1. The third-order valence-electron chi connectivity index (χ3n) is 3.33. The summed E-state index contributed by atoms with van der Waals surface area (Å²) in [4.78, 5) is 23.5. The summed E-state index contributed by atoms with van der Waals surface area (Å²) < 4.78 is 25.2. The van der Waals surface area contributed by atoms with Gasteiger partial charge in [0.05, 0.1) is 17.0 Å². The minimum absolute atomic E-state index is 0.105. The first-order chi connectivity index (χ1) is 12.6. The number of hydrogen-bond donors (Lipinski definition) is 2. The fraction of sp³-hybridized carbons (Fsp3) is 0.176. The Morgan fingerprint density at radius 1 is 1.04 bits per heavy atom. The second kappa shape index (κ2) is 8.60. The minimum Gasteiger partial charge on any atom is -0.326 e. The van der Waals surface area contributed by atoms with Crippen LogP contribution in [0.2, 0.25) is 10.0 Å². The van der Waals surface area contributed by atoms with Gasteiger partial charge in [-0.2, -0.15) is 0 Å². The van der Waals surface area contributed by atoms with Crippen LogP contribution in [0.1, 0.15) is 6.92 Å². The number of halogens is 2. The van der Waals surface area contributed by atoms with Crippen LogP contribution < -0.4 is 14.9 Å². The molecule has 0 radical (unpaired) electrons. The van der Waals surface area contributed by atoms with E-state index in [4.69, 9.17) is 23.2 Å². The molecule has 0 bridgehead atoms. The average molecular weight is 430 g/mol. The SMILES string of the molecule is CC(=O)Nc1cccc(NC(=O)CN(c2ccc(Cl)cc2Cl)S(C)(=O)=O)c1. The standard InChI is InChI=1S/C17H17Cl2N3O4S/c1-11(23)20-13-4-3-5-14(9-13)21-17(24)10-22(27(2,25)26)16-7-6-12(18)8-15(16)19/h3-9H,10H2,1-2H3,(H,20,23)(H,21,24). The Kier molecular flexibility index (Phi) is 6.69. The van der Waals surface area contributed by atoms with Crippen molar-refractivity contribution in [3.8, 4) is 0 Å². The fourth-order valence-electron chi connectivity index (χ4n) is 2.27. The lowest BCUT2D eigenvalue weighted by Gasteiger charge is -2.23. The molecule has 0 spiro atoms. The van der Waals surface area contributed by atoms with Gasteiger partial charge in [0, 0.05) is 23.3 Å². The van der Waals surface area contributed by atoms with Gasteiger partial charge >= 0.3 is 0 Å². The van der Waals surface area contributed by atoms with Crippen LogP contribution in [-0.2, 0) is 19.6 Å². The molecule has 2 amide bonds. The summed E-state index contributed by atoms with van der Waals surface area (Å²) in [7, 11) is -3.78. The predicted octanol–water partition coefficient (Wildman–Crippen LogP) is 3.36. The summed E-state index contributed by atoms with van der Waals surface area (Å²) in [5.74, 6) is -0.828. The minimum atomic E-state index is -3.78. The first kappa shape index (κ1) is 21.0. The molecule has 27 heavy (non-hydrogen) atoms. The maximum Gasteiger partial charge on any atom is 0.245 e. The molecule has 2 rings (SSSR count). The Bertz CT molecular complexity index is 980. The summed E-state index contributed by atoms with van der Waals surface area (Å²) in [5, 5.41) is 5.64. The van der Waals surface area contributed by atoms with Crippen molar-refractivity contribution in [2.75, 3.05) is 27.7 Å². The van der Waals surface area contributed by atoms with Crippen LogP contribution in [-0.4, -0.2) is 33.0 Å². The summed E-state index contributed by atoms with van der Waals surface area (Å²) in [5.41, 5.74) is 1.05. The highest BCUT2D eigenvalue weighted by Crippen LogP contribution is 2.30. The van der Waals surface area contributed by atoms with Crippen molar-refractivity contribution < 1.29 is 18.0 Å². The lowest BCUT2D eigenvalue weighted by Crippen LogP contribution is -2.37. The van der Waals surface area contributed by atoms with E-state index in [2.05, 4.69) is 10.6 Å². The number of carbonyl (C=O) groups excluding carboxylic acids is 2. The van der Waals surface area contributed by atoms with Crippen LogP contribution in [0.3, 0.4) is 0 Å². The quantitative estimate of drug-likeness (QED) is 0.735. The zero-order valence-corrected chi connectivity index (χ0v) is 16.8. The lowest BCUT2D eigenvalue weighted by molar-refractivity contribution is -0.115. The van der Waals surface area contributed by atoms with Gasteiger partial charge in [0.1, 0.15) is 6.54 Å². The fourth-order valence-corrected chi connectivity index (χ4v) is 3.70. The average Bonchev–Trinajstić information content (AvgIpc) is 2.52. The number of amides is 2. The second-order valence-corrected chi connectivity index (χ2v) is 8.43. The molecule has 0 aliphatic heterocycles. The van der Waals surface area contributed by atoms with E-state index in [-0.39, 0.29) is 16.6 Å². The van der Waals surface area contributed by atoms with Crippen molar-refractivity contribution in [3.63, 3.8) is 0 Å². The molecule has 0 fully saturated rings. The van der Waals surface area contributed by atoms with Crippen molar-refractivity contribution in [2.24, 2.45) is 0 Å². The topological polar surface area (TPSA) is 95.6 Å². The third kappa shape index (κ3) is 6.13. The van der Waals surface area contributed by atoms with Crippen LogP contribution in [0.25, 0.3) is 0 Å². The van der Waals surface area contributed by atoms with Crippen molar-refractivity contribution in [3.05, 3.63) is 52.5 Å². The van der Waals surface area contributed by atoms with E-state index in [1.807, 2.05) is 0 Å². The molecule has 0 saturated carbocycles. The maximum absolute atomic E-state index is 12.4. The third-order valence-corrected chi connectivity index (χ3v) is 5.00. The zero-order valence-electron chi connectivity index (χ0n) is 14.5. The van der Waals surface area contributed by atoms with Gasteiger partial charge in [-0.1, -0.05) is 29.3 Å². The Labute approximate surface area is 167 Å². The van der Waals surface area contributed by atoms with E-state index in [9.17, 15) is 18.0 Å². The van der Waals surface area contributed by atoms with Gasteiger partial charge in [-0.25, -0.2) is 8.42 Å². The molecule has 0 aliphatic rings. The van der Waals surface area contributed by atoms with E-state index in [0.29, 0.717) is 16.4 Å². The molecule has 2 aromatic carbocycles. The number of nitrogens with zero attached hydrogens (tertiary/aromatic N) is 1. The van der Waals surface area contributed by atoms with Crippen molar-refractivity contribution in [1.82, 2.24) is 0 Å². The number of benzene rings is 2. The van der Waals surface area contributed by atoms with Crippen LogP contribution in [0.4, 0.5) is 17.1 Å². The summed E-state index contributed by atoms with van der Waals surface area (Å²) in [6, 6.07) is 10.8. The van der Waals surface area contributed by atoms with E-state index < -0.39 is 22.5 Å². The van der Waals surface area contributed by atoms with Crippen LogP contribution in [0, 0.1) is 0 Å². The molecular formula is C17H17Cl2N3O4S. The van der Waals surface area contributed by atoms with Gasteiger partial charge in [0.25, 0.3) is 0 Å². The Morgan fingerprint density at radius 3 is 2.22 bits per heavy atom. The predicted molar refractivity (Wildman–Crippen MR) is 108 cm³/mol. The molecule has 144 valence electrons. The van der Waals surface area contributed by atoms with Gasteiger partial charge < -0.3 is 10.6 Å². The van der Waals surface area contributed by atoms with Crippen molar-refractivity contribution in [1.29, 1.82) is 0 Å². The van der Waals surface area contributed by atoms with Crippen LogP contribution in [0.15, 0.2) is 42.5 Å². The van der Waals surface area contributed by atoms with Gasteiger partial charge in [0.15, 0.2) is 0 Å². The number of hydrogen-bond acceptors (Lipinski definition) is 4. The monoisotopic (exact) mass is 429 g/mol. The van der Waals surface area contributed by atoms with Crippen LogP contribution >= 0.6 is 23.2 Å². The van der Waals surface area contributed by atoms with Gasteiger partial charge in [-0.15, -0.1) is 0 Å². The number of nitrogens with one attached hydrogen (secondary N) is 2. The highest BCUT2D eigenvalue weighted by molar-refractivity contribution is 7.92. The second-order valence-electron chi connectivity index (χ2n) is 5.68. The van der Waals surface area contributed by atoms with E-state index in [0.717, 1.165) is 10.6 Å². The molecule has 0 aliphatic carbocycles. The lowest BCUT2D eigenvalue weighted by atomic mass is 10.2. The number of rotatable bonds is 6. The van der Waals surface area contributed by atoms with Gasteiger partial charge in [0.2, 0.25) is 21.8 Å². The Morgan fingerprint density at radius 2 is 1.67 bits per heavy atom. The number of anilines is 3. The highest BCUT2D eigenvalue weighted by atomic mass is 35.5. The van der Waals surface area contributed by atoms with Crippen molar-refractivity contribution >= 4 is 62.1 Å². The first-order valence-electron chi connectivity index (χ1n) is 7.66. The number of carbonyl (C=O) groups is 2. The molecule has 0 saturated heterocycles. The molecule has 0 aromatic heterocycles. The normalized spacial score (nSPS) is 11.0. The van der Waals surface area contributed by atoms with E-state index >= 15 is 0 Å². The zero-order chi connectivity index (χ0) is 20.2. The molecule has 0 heterocycles.